The van der Waals surface area contributed by atoms with E-state index in [0.29, 0.717) is 10.8 Å². The van der Waals surface area contributed by atoms with Crippen molar-refractivity contribution < 1.29 is 5.11 Å². The quantitative estimate of drug-likeness (QED) is 0.437. The summed E-state index contributed by atoms with van der Waals surface area (Å²) in [6.07, 6.45) is 3.61. The molecule has 1 aromatic carbocycles. The molecule has 1 saturated heterocycles. The van der Waals surface area contributed by atoms with E-state index >= 15 is 0 Å². The average molecular weight is 448 g/mol. The maximum absolute atomic E-state index is 10.6. The summed E-state index contributed by atoms with van der Waals surface area (Å²) in [6.45, 7) is 4.18. The van der Waals surface area contributed by atoms with Gasteiger partial charge < -0.3 is 15.3 Å². The highest BCUT2D eigenvalue weighted by molar-refractivity contribution is 7.80. The average Bonchev–Trinajstić information content (AvgIpc) is 3.47. The molecule has 4 aromatic rings. The number of nitrogens with one attached hydrogen (secondary N) is 1. The van der Waals surface area contributed by atoms with Crippen LogP contribution in [0.4, 0.5) is 5.69 Å². The van der Waals surface area contributed by atoms with E-state index in [1.54, 1.807) is 23.6 Å². The van der Waals surface area contributed by atoms with Crippen molar-refractivity contribution in [2.45, 2.75) is 25.9 Å². The van der Waals surface area contributed by atoms with Crippen molar-refractivity contribution >= 4 is 34.4 Å². The molecule has 1 aliphatic heterocycles. The Morgan fingerprint density at radius 2 is 1.87 bits per heavy atom. The lowest BCUT2D eigenvalue weighted by Crippen LogP contribution is -2.29. The molecule has 0 bridgehead atoms. The fourth-order valence-electron chi connectivity index (χ4n) is 4.31. The van der Waals surface area contributed by atoms with Crippen LogP contribution < -0.4 is 10.2 Å². The number of aromatic hydroxyl groups is 1. The third kappa shape index (κ3) is 3.28. The van der Waals surface area contributed by atoms with Crippen LogP contribution in [0.3, 0.4) is 0 Å². The number of thiazole rings is 1. The highest BCUT2D eigenvalue weighted by Gasteiger charge is 2.43. The van der Waals surface area contributed by atoms with E-state index in [-0.39, 0.29) is 17.8 Å². The molecule has 0 saturated carbocycles. The van der Waals surface area contributed by atoms with Gasteiger partial charge in [-0.3, -0.25) is 9.55 Å². The minimum absolute atomic E-state index is 0.168. The number of thiocarbonyl (C=S) groups is 1. The van der Waals surface area contributed by atoms with Crippen LogP contribution in [0.25, 0.3) is 5.13 Å². The van der Waals surface area contributed by atoms with Crippen LogP contribution in [0.15, 0.2) is 66.3 Å². The summed E-state index contributed by atoms with van der Waals surface area (Å²) in [4.78, 5) is 11.1. The lowest BCUT2D eigenvalue weighted by Gasteiger charge is -2.28. The molecule has 0 spiro atoms. The highest BCUT2D eigenvalue weighted by atomic mass is 32.1. The van der Waals surface area contributed by atoms with Crippen molar-refractivity contribution in [3.05, 3.63) is 88.9 Å². The molecule has 8 heteroatoms. The number of anilines is 1. The van der Waals surface area contributed by atoms with Crippen molar-refractivity contribution in [3.63, 3.8) is 0 Å². The van der Waals surface area contributed by atoms with Gasteiger partial charge in [0.25, 0.3) is 0 Å². The zero-order valence-corrected chi connectivity index (χ0v) is 18.7. The normalized spacial score (nSPS) is 18.4. The Morgan fingerprint density at radius 3 is 2.58 bits per heavy atom. The number of benzene rings is 1. The molecular weight excluding hydrogens is 426 g/mol. The molecule has 156 valence electrons. The molecule has 2 atom stereocenters. The van der Waals surface area contributed by atoms with Gasteiger partial charge >= 0.3 is 0 Å². The molecule has 3 aromatic heterocycles. The molecule has 6 nitrogen and oxygen atoms in total. The molecule has 1 fully saturated rings. The van der Waals surface area contributed by atoms with Gasteiger partial charge in [0.15, 0.2) is 10.2 Å². The predicted octanol–water partition coefficient (Wildman–Crippen LogP) is 4.83. The number of hydrogen-bond acceptors (Lipinski definition) is 5. The number of phenolic OH excluding ortho intramolecular Hbond substituents is 1. The van der Waals surface area contributed by atoms with E-state index in [4.69, 9.17) is 12.2 Å². The van der Waals surface area contributed by atoms with E-state index in [1.807, 2.05) is 52.9 Å². The fourth-order valence-corrected chi connectivity index (χ4v) is 5.40. The number of nitrogens with zero attached hydrogens (tertiary/aromatic N) is 4. The van der Waals surface area contributed by atoms with Crippen LogP contribution in [0.1, 0.15) is 34.7 Å². The van der Waals surface area contributed by atoms with Gasteiger partial charge in [-0.25, -0.2) is 4.98 Å². The van der Waals surface area contributed by atoms with Crippen molar-refractivity contribution in [3.8, 4) is 10.9 Å². The SMILES string of the molecule is Cc1cc([C@H]2[C@H](c3ccccn3)NC(=S)N2c2ccccc2O)c(C)n1-c1nccs1. The second-order valence-corrected chi connectivity index (χ2v) is 8.72. The first-order chi connectivity index (χ1) is 15.1. The van der Waals surface area contributed by atoms with Gasteiger partial charge in [-0.1, -0.05) is 18.2 Å². The van der Waals surface area contributed by atoms with Crippen LogP contribution in [-0.2, 0) is 0 Å². The number of para-hydroxylation sites is 2. The zero-order chi connectivity index (χ0) is 21.5. The first kappa shape index (κ1) is 19.7. The Kier molecular flexibility index (Phi) is 4.95. The van der Waals surface area contributed by atoms with E-state index < -0.39 is 0 Å². The second-order valence-electron chi connectivity index (χ2n) is 7.46. The first-order valence-corrected chi connectivity index (χ1v) is 11.2. The maximum atomic E-state index is 10.6. The summed E-state index contributed by atoms with van der Waals surface area (Å²) in [7, 11) is 0. The van der Waals surface area contributed by atoms with Crippen molar-refractivity contribution in [2.75, 3.05) is 4.90 Å². The number of pyridine rings is 1. The Labute approximate surface area is 189 Å². The Balaban J connectivity index is 1.70. The molecular formula is C23H21N5OS2. The Bertz CT molecular complexity index is 1240. The minimum Gasteiger partial charge on any atom is -0.506 e. The van der Waals surface area contributed by atoms with Gasteiger partial charge in [0, 0.05) is 29.2 Å². The predicted molar refractivity (Wildman–Crippen MR) is 127 cm³/mol. The van der Waals surface area contributed by atoms with Gasteiger partial charge in [0.2, 0.25) is 0 Å². The Hall–Kier alpha value is -3.23. The number of phenols is 1. The minimum atomic E-state index is -0.185. The summed E-state index contributed by atoms with van der Waals surface area (Å²) in [6, 6.07) is 15.0. The van der Waals surface area contributed by atoms with Gasteiger partial charge in [-0.05, 0) is 62.0 Å². The summed E-state index contributed by atoms with van der Waals surface area (Å²) in [5.41, 5.74) is 4.86. The molecule has 1 aliphatic rings. The topological polar surface area (TPSA) is 66.2 Å². The largest absolute Gasteiger partial charge is 0.506 e. The number of rotatable bonds is 4. The molecule has 5 rings (SSSR count). The fraction of sp³-hybridized carbons (Fsp3) is 0.174. The number of aromatic nitrogens is 3. The zero-order valence-electron chi connectivity index (χ0n) is 17.1. The molecule has 0 amide bonds. The van der Waals surface area contributed by atoms with Crippen LogP contribution >= 0.6 is 23.6 Å². The van der Waals surface area contributed by atoms with Crippen molar-refractivity contribution in [1.82, 2.24) is 19.9 Å². The molecule has 2 N–H and O–H groups in total. The molecule has 0 aliphatic carbocycles. The monoisotopic (exact) mass is 447 g/mol. The third-order valence-corrected chi connectivity index (χ3v) is 6.71. The second kappa shape index (κ2) is 7.79. The lowest BCUT2D eigenvalue weighted by atomic mass is 9.96. The first-order valence-electron chi connectivity index (χ1n) is 9.93. The van der Waals surface area contributed by atoms with E-state index in [9.17, 15) is 5.11 Å². The summed E-state index contributed by atoms with van der Waals surface area (Å²) >= 11 is 7.36. The molecule has 31 heavy (non-hydrogen) atoms. The summed E-state index contributed by atoms with van der Waals surface area (Å²) < 4.78 is 2.17. The van der Waals surface area contributed by atoms with Crippen LogP contribution in [0, 0.1) is 13.8 Å². The molecule has 4 heterocycles. The van der Waals surface area contributed by atoms with Gasteiger partial charge in [-0.15, -0.1) is 11.3 Å². The van der Waals surface area contributed by atoms with Gasteiger partial charge in [-0.2, -0.15) is 0 Å². The highest BCUT2D eigenvalue weighted by Crippen LogP contribution is 2.45. The van der Waals surface area contributed by atoms with E-state index in [0.717, 1.165) is 27.8 Å². The Morgan fingerprint density at radius 1 is 1.06 bits per heavy atom. The van der Waals surface area contributed by atoms with E-state index in [2.05, 4.69) is 39.8 Å². The summed E-state index contributed by atoms with van der Waals surface area (Å²) in [5.74, 6) is 0.187. The van der Waals surface area contributed by atoms with Crippen molar-refractivity contribution in [1.29, 1.82) is 0 Å². The molecule has 0 radical (unpaired) electrons. The van der Waals surface area contributed by atoms with Crippen molar-refractivity contribution in [2.24, 2.45) is 0 Å². The van der Waals surface area contributed by atoms with Crippen LogP contribution in [-0.4, -0.2) is 24.8 Å². The number of hydrogen-bond donors (Lipinski definition) is 2. The van der Waals surface area contributed by atoms with E-state index in [1.165, 1.54) is 0 Å². The van der Waals surface area contributed by atoms with Crippen LogP contribution in [0.5, 0.6) is 5.75 Å². The lowest BCUT2D eigenvalue weighted by molar-refractivity contribution is 0.472. The van der Waals surface area contributed by atoms with Gasteiger partial charge in [0.1, 0.15) is 5.75 Å². The maximum Gasteiger partial charge on any atom is 0.193 e. The summed E-state index contributed by atoms with van der Waals surface area (Å²) in [5, 5.41) is 17.5. The smallest absolute Gasteiger partial charge is 0.193 e. The third-order valence-electron chi connectivity index (χ3n) is 5.64. The molecule has 0 unspecified atom stereocenters. The van der Waals surface area contributed by atoms with Gasteiger partial charge in [0.05, 0.1) is 23.5 Å². The van der Waals surface area contributed by atoms with Crippen LogP contribution in [0.2, 0.25) is 0 Å². The number of aryl methyl sites for hydroxylation is 1. The standard InChI is InChI=1S/C23H21N5OS2/c1-14-13-16(15(2)27(14)23-25-11-12-31-23)21-20(17-7-5-6-10-24-17)26-22(30)28(21)18-8-3-4-9-19(18)29/h3-13,20-21,29H,1-2H3,(H,26,30)/t20-,21-/m0/s1.